The molecule has 1 aliphatic rings. The molecule has 1 atom stereocenters. The molecule has 0 saturated carbocycles. The highest BCUT2D eigenvalue weighted by atomic mass is 16.4. The number of carboxylic acids is 1. The van der Waals surface area contributed by atoms with Gasteiger partial charge in [-0.3, -0.25) is 19.5 Å². The standard InChI is InChI=1S/C12H24N6O3/c1-16-5-3-4-9(6-16)18(8-11(20)21)7-10(19)15-12(13)17(2)14/h9H,3-8,14H2,1-2H3,(H,20,21)(H2,13,15,19). The average molecular weight is 300 g/mol. The highest BCUT2D eigenvalue weighted by Gasteiger charge is 2.26. The highest BCUT2D eigenvalue weighted by molar-refractivity contribution is 5.93. The number of amides is 1. The molecule has 5 N–H and O–H groups in total. The van der Waals surface area contributed by atoms with Gasteiger partial charge in [-0.2, -0.15) is 4.99 Å². The topological polar surface area (TPSA) is 128 Å². The molecular formula is C12H24N6O3. The molecule has 1 heterocycles. The number of aliphatic carboxylic acids is 1. The number of piperidine rings is 1. The monoisotopic (exact) mass is 300 g/mol. The van der Waals surface area contributed by atoms with Crippen LogP contribution in [0.3, 0.4) is 0 Å². The van der Waals surface area contributed by atoms with Crippen molar-refractivity contribution in [2.75, 3.05) is 40.3 Å². The van der Waals surface area contributed by atoms with Crippen LogP contribution in [-0.4, -0.2) is 84.1 Å². The molecule has 0 spiro atoms. The van der Waals surface area contributed by atoms with E-state index in [1.165, 1.54) is 7.05 Å². The van der Waals surface area contributed by atoms with Gasteiger partial charge in [0.1, 0.15) is 0 Å². The van der Waals surface area contributed by atoms with E-state index in [9.17, 15) is 9.59 Å². The highest BCUT2D eigenvalue weighted by Crippen LogP contribution is 2.14. The summed E-state index contributed by atoms with van der Waals surface area (Å²) in [6, 6.07) is 0.0239. The molecule has 21 heavy (non-hydrogen) atoms. The molecule has 120 valence electrons. The molecule has 0 aromatic heterocycles. The second-order valence-corrected chi connectivity index (χ2v) is 5.33. The maximum atomic E-state index is 11.9. The van der Waals surface area contributed by atoms with Crippen molar-refractivity contribution in [2.24, 2.45) is 16.6 Å². The van der Waals surface area contributed by atoms with Crippen LogP contribution in [0.15, 0.2) is 4.99 Å². The third-order valence-corrected chi connectivity index (χ3v) is 3.39. The fraction of sp³-hybridized carbons (Fsp3) is 0.750. The number of hydrogen-bond donors (Lipinski definition) is 3. The van der Waals surface area contributed by atoms with Crippen molar-refractivity contribution < 1.29 is 14.7 Å². The van der Waals surface area contributed by atoms with Crippen LogP contribution >= 0.6 is 0 Å². The van der Waals surface area contributed by atoms with Crippen molar-refractivity contribution >= 4 is 17.8 Å². The summed E-state index contributed by atoms with van der Waals surface area (Å²) in [4.78, 5) is 30.3. The summed E-state index contributed by atoms with van der Waals surface area (Å²) in [5, 5.41) is 10.0. The van der Waals surface area contributed by atoms with Gasteiger partial charge < -0.3 is 15.7 Å². The van der Waals surface area contributed by atoms with Crippen molar-refractivity contribution in [3.8, 4) is 0 Å². The Hall–Kier alpha value is -1.71. The van der Waals surface area contributed by atoms with Crippen LogP contribution in [0.5, 0.6) is 0 Å². The first kappa shape index (κ1) is 17.3. The minimum absolute atomic E-state index is 0.0239. The predicted molar refractivity (Wildman–Crippen MR) is 78.3 cm³/mol. The zero-order valence-electron chi connectivity index (χ0n) is 12.5. The van der Waals surface area contributed by atoms with Gasteiger partial charge in [-0.05, 0) is 26.4 Å². The Morgan fingerprint density at radius 2 is 2.10 bits per heavy atom. The van der Waals surface area contributed by atoms with Gasteiger partial charge in [0.2, 0.25) is 5.96 Å². The molecule has 0 bridgehead atoms. The Morgan fingerprint density at radius 3 is 2.62 bits per heavy atom. The number of aliphatic imine (C=N–C) groups is 1. The largest absolute Gasteiger partial charge is 0.480 e. The van der Waals surface area contributed by atoms with E-state index in [2.05, 4.69) is 9.89 Å². The lowest BCUT2D eigenvalue weighted by atomic mass is 10.0. The van der Waals surface area contributed by atoms with Gasteiger partial charge in [0.25, 0.3) is 5.91 Å². The van der Waals surface area contributed by atoms with E-state index >= 15 is 0 Å². The fourth-order valence-corrected chi connectivity index (χ4v) is 2.34. The number of hydrazine groups is 1. The van der Waals surface area contributed by atoms with E-state index < -0.39 is 11.9 Å². The zero-order chi connectivity index (χ0) is 16.0. The smallest absolute Gasteiger partial charge is 0.317 e. The Labute approximate surface area is 124 Å². The van der Waals surface area contributed by atoms with Crippen LogP contribution in [0, 0.1) is 0 Å². The summed E-state index contributed by atoms with van der Waals surface area (Å²) in [6.07, 6.45) is 1.84. The van der Waals surface area contributed by atoms with Gasteiger partial charge in [-0.25, -0.2) is 5.84 Å². The summed E-state index contributed by atoms with van der Waals surface area (Å²) in [5.41, 5.74) is 5.48. The van der Waals surface area contributed by atoms with Crippen LogP contribution in [0.4, 0.5) is 0 Å². The number of rotatable bonds is 5. The Morgan fingerprint density at radius 1 is 1.43 bits per heavy atom. The first-order valence-corrected chi connectivity index (χ1v) is 6.79. The van der Waals surface area contributed by atoms with Gasteiger partial charge >= 0.3 is 5.97 Å². The molecule has 1 fully saturated rings. The molecule has 0 aromatic carbocycles. The molecule has 1 amide bonds. The molecule has 9 nitrogen and oxygen atoms in total. The number of guanidine groups is 1. The van der Waals surface area contributed by atoms with Crippen LogP contribution in [0.2, 0.25) is 0 Å². The van der Waals surface area contributed by atoms with E-state index in [0.717, 1.165) is 30.9 Å². The lowest BCUT2D eigenvalue weighted by Gasteiger charge is -2.36. The number of carbonyl (C=O) groups excluding carboxylic acids is 1. The Balaban J connectivity index is 2.71. The normalized spacial score (nSPS) is 20.6. The van der Waals surface area contributed by atoms with Gasteiger partial charge in [-0.15, -0.1) is 0 Å². The predicted octanol–water partition coefficient (Wildman–Crippen LogP) is -1.89. The van der Waals surface area contributed by atoms with Crippen molar-refractivity contribution in [1.29, 1.82) is 0 Å². The second-order valence-electron chi connectivity index (χ2n) is 5.33. The molecule has 1 unspecified atom stereocenters. The summed E-state index contributed by atoms with van der Waals surface area (Å²) in [7, 11) is 3.45. The van der Waals surface area contributed by atoms with Crippen LogP contribution in [0.25, 0.3) is 0 Å². The molecule has 0 aromatic rings. The quantitative estimate of drug-likeness (QED) is 0.233. The first-order chi connectivity index (χ1) is 9.79. The van der Waals surface area contributed by atoms with E-state index in [-0.39, 0.29) is 25.1 Å². The number of carboxylic acid groups (broad SMARTS) is 1. The van der Waals surface area contributed by atoms with E-state index in [4.69, 9.17) is 16.7 Å². The maximum Gasteiger partial charge on any atom is 0.317 e. The molecule has 0 aliphatic carbocycles. The number of likely N-dealkylation sites (N-methyl/N-ethyl adjacent to an activating group) is 1. The van der Waals surface area contributed by atoms with Crippen LogP contribution < -0.4 is 11.6 Å². The van der Waals surface area contributed by atoms with Gasteiger partial charge in [0, 0.05) is 19.6 Å². The lowest BCUT2D eigenvalue weighted by Crippen LogP contribution is -2.50. The Kier molecular flexibility index (Phi) is 6.53. The lowest BCUT2D eigenvalue weighted by molar-refractivity contribution is -0.139. The van der Waals surface area contributed by atoms with Gasteiger partial charge in [0.05, 0.1) is 13.1 Å². The SMILES string of the molecule is CN1CCCC(N(CC(=O)O)CC(=O)N=C(N)N(C)N)C1. The molecular weight excluding hydrogens is 276 g/mol. The average Bonchev–Trinajstić information content (AvgIpc) is 2.37. The first-order valence-electron chi connectivity index (χ1n) is 6.79. The molecule has 1 saturated heterocycles. The van der Waals surface area contributed by atoms with E-state index in [1.807, 2.05) is 7.05 Å². The van der Waals surface area contributed by atoms with Gasteiger partial charge in [0.15, 0.2) is 0 Å². The molecule has 0 radical (unpaired) electrons. The molecule has 1 aliphatic heterocycles. The number of likely N-dealkylation sites (tertiary alicyclic amines) is 1. The number of hydrogen-bond acceptors (Lipinski definition) is 5. The fourth-order valence-electron chi connectivity index (χ4n) is 2.34. The molecule has 1 rings (SSSR count). The van der Waals surface area contributed by atoms with Crippen molar-refractivity contribution in [2.45, 2.75) is 18.9 Å². The number of nitrogens with two attached hydrogens (primary N) is 2. The van der Waals surface area contributed by atoms with Crippen molar-refractivity contribution in [3.63, 3.8) is 0 Å². The van der Waals surface area contributed by atoms with Gasteiger partial charge in [-0.1, -0.05) is 0 Å². The number of carbonyl (C=O) groups is 2. The van der Waals surface area contributed by atoms with E-state index in [0.29, 0.717) is 0 Å². The van der Waals surface area contributed by atoms with Crippen LogP contribution in [0.1, 0.15) is 12.8 Å². The maximum absolute atomic E-state index is 11.9. The summed E-state index contributed by atoms with van der Waals surface area (Å²) >= 11 is 0. The minimum Gasteiger partial charge on any atom is -0.480 e. The number of nitrogens with zero attached hydrogens (tertiary/aromatic N) is 4. The molecule has 9 heteroatoms. The summed E-state index contributed by atoms with van der Waals surface area (Å²) in [6.45, 7) is 1.43. The third kappa shape index (κ3) is 6.06. The zero-order valence-corrected chi connectivity index (χ0v) is 12.5. The summed E-state index contributed by atoms with van der Waals surface area (Å²) in [5.74, 6) is 3.80. The minimum atomic E-state index is -0.969. The van der Waals surface area contributed by atoms with E-state index in [1.54, 1.807) is 4.90 Å². The Bertz CT molecular complexity index is 412. The van der Waals surface area contributed by atoms with Crippen molar-refractivity contribution in [1.82, 2.24) is 14.8 Å². The summed E-state index contributed by atoms with van der Waals surface area (Å²) < 4.78 is 0. The third-order valence-electron chi connectivity index (χ3n) is 3.39. The van der Waals surface area contributed by atoms with Crippen molar-refractivity contribution in [3.05, 3.63) is 0 Å². The van der Waals surface area contributed by atoms with Crippen LogP contribution in [-0.2, 0) is 9.59 Å². The second kappa shape index (κ2) is 7.91.